The Morgan fingerprint density at radius 3 is 2.38 bits per heavy atom. The first-order valence-corrected chi connectivity index (χ1v) is 15.7. The molecule has 8 heteroatoms. The van der Waals surface area contributed by atoms with Gasteiger partial charge in [0.1, 0.15) is 6.04 Å². The molecule has 5 atom stereocenters. The summed E-state index contributed by atoms with van der Waals surface area (Å²) >= 11 is 1.67. The molecule has 0 radical (unpaired) electrons. The summed E-state index contributed by atoms with van der Waals surface area (Å²) in [6, 6.07) is 15.1. The zero-order valence-corrected chi connectivity index (χ0v) is 25.4. The van der Waals surface area contributed by atoms with Crippen LogP contribution in [0.3, 0.4) is 0 Å². The van der Waals surface area contributed by atoms with E-state index < -0.39 is 22.6 Å². The van der Waals surface area contributed by atoms with Crippen LogP contribution >= 0.6 is 11.8 Å². The lowest BCUT2D eigenvalue weighted by molar-refractivity contribution is -0.144. The number of rotatable bonds is 12. The van der Waals surface area contributed by atoms with E-state index in [0.717, 1.165) is 28.8 Å². The maximum Gasteiger partial charge on any atom is 0.251 e. The summed E-state index contributed by atoms with van der Waals surface area (Å²) < 4.78 is -0.697. The van der Waals surface area contributed by atoms with Crippen LogP contribution in [0.1, 0.15) is 36.0 Å². The molecular weight excluding hydrogens is 546 g/mol. The van der Waals surface area contributed by atoms with Gasteiger partial charge in [0.05, 0.1) is 16.6 Å². The lowest BCUT2D eigenvalue weighted by Gasteiger charge is -2.38. The molecule has 3 aliphatic rings. The highest BCUT2D eigenvalue weighted by atomic mass is 32.2. The predicted octanol–water partition coefficient (Wildman–Crippen LogP) is 4.51. The number of aliphatic hydroxyl groups excluding tert-OH is 1. The third-order valence-corrected chi connectivity index (χ3v) is 11.0. The number of fused-ring (bicyclic) bond motifs is 1. The van der Waals surface area contributed by atoms with Gasteiger partial charge in [0.2, 0.25) is 11.8 Å². The van der Waals surface area contributed by atoms with Crippen molar-refractivity contribution >= 4 is 35.2 Å². The Morgan fingerprint density at radius 2 is 1.74 bits per heavy atom. The number of aryl methyl sites for hydroxylation is 2. The molecule has 3 heterocycles. The highest BCUT2D eigenvalue weighted by Crippen LogP contribution is 2.66. The van der Waals surface area contributed by atoms with Gasteiger partial charge in [0.25, 0.3) is 5.91 Å². The molecule has 42 heavy (non-hydrogen) atoms. The third-order valence-electron chi connectivity index (χ3n) is 9.04. The topological polar surface area (TPSA) is 81.2 Å². The molecule has 2 aromatic carbocycles. The molecule has 7 nitrogen and oxygen atoms in total. The van der Waals surface area contributed by atoms with Crippen molar-refractivity contribution < 1.29 is 19.5 Å². The highest BCUT2D eigenvalue weighted by Gasteiger charge is 2.74. The van der Waals surface area contributed by atoms with Crippen molar-refractivity contribution in [2.75, 3.05) is 31.1 Å². The third kappa shape index (κ3) is 5.09. The summed E-state index contributed by atoms with van der Waals surface area (Å²) in [5.74, 6) is -1.44. The first-order valence-electron chi connectivity index (χ1n) is 14.8. The average molecular weight is 588 g/mol. The molecule has 5 rings (SSSR count). The number of benzene rings is 2. The Bertz CT molecular complexity index is 1340. The minimum atomic E-state index is -0.727. The van der Waals surface area contributed by atoms with Crippen molar-refractivity contribution in [1.29, 1.82) is 0 Å². The standard InChI is InChI=1S/C34H41N3O4S/c1-5-18-35(22-25-14-8-7-9-15-25)31(39)27-26-16-17-34(42-26)28(27)32(40)37(20-11-21-38)30(34)33(41)36(19-6-2)29-23(3)12-10-13-24(29)4/h5-10,12-15,26-28,30,38H,1-2,11,16-22H2,3-4H3/t26-,27+,28-,30?,34?/m0/s1. The maximum atomic E-state index is 14.7. The van der Waals surface area contributed by atoms with Gasteiger partial charge in [-0.1, -0.05) is 60.7 Å². The maximum absolute atomic E-state index is 14.7. The van der Waals surface area contributed by atoms with E-state index in [2.05, 4.69) is 13.2 Å². The summed E-state index contributed by atoms with van der Waals surface area (Å²) in [7, 11) is 0. The summed E-state index contributed by atoms with van der Waals surface area (Å²) in [5, 5.41) is 9.68. The van der Waals surface area contributed by atoms with E-state index in [1.165, 1.54) is 0 Å². The summed E-state index contributed by atoms with van der Waals surface area (Å²) in [6.45, 7) is 13.1. The van der Waals surface area contributed by atoms with Crippen molar-refractivity contribution in [2.45, 2.75) is 55.7 Å². The molecule has 2 bridgehead atoms. The van der Waals surface area contributed by atoms with Crippen LogP contribution in [0.2, 0.25) is 0 Å². The summed E-state index contributed by atoms with van der Waals surface area (Å²) in [5.41, 5.74) is 3.80. The Hall–Kier alpha value is -3.36. The van der Waals surface area contributed by atoms with Gasteiger partial charge in [-0.05, 0) is 49.8 Å². The van der Waals surface area contributed by atoms with Crippen molar-refractivity contribution in [3.05, 3.63) is 90.5 Å². The average Bonchev–Trinajstić information content (AvgIpc) is 3.62. The van der Waals surface area contributed by atoms with E-state index in [4.69, 9.17) is 0 Å². The molecule has 1 N–H and O–H groups in total. The lowest BCUT2D eigenvalue weighted by Crippen LogP contribution is -2.55. The highest BCUT2D eigenvalue weighted by molar-refractivity contribution is 8.02. The van der Waals surface area contributed by atoms with E-state index in [-0.39, 0.29) is 36.1 Å². The second-order valence-corrected chi connectivity index (χ2v) is 13.2. The minimum Gasteiger partial charge on any atom is -0.396 e. The number of hydrogen-bond donors (Lipinski definition) is 1. The van der Waals surface area contributed by atoms with Gasteiger partial charge in [0, 0.05) is 43.7 Å². The quantitative estimate of drug-likeness (QED) is 0.370. The zero-order valence-electron chi connectivity index (χ0n) is 24.6. The van der Waals surface area contributed by atoms with Gasteiger partial charge >= 0.3 is 0 Å². The van der Waals surface area contributed by atoms with E-state index in [9.17, 15) is 19.5 Å². The number of thioether (sulfide) groups is 1. The van der Waals surface area contributed by atoms with Crippen LogP contribution < -0.4 is 4.90 Å². The van der Waals surface area contributed by atoms with Crippen LogP contribution in [0.25, 0.3) is 0 Å². The van der Waals surface area contributed by atoms with Crippen molar-refractivity contribution in [2.24, 2.45) is 11.8 Å². The van der Waals surface area contributed by atoms with Crippen molar-refractivity contribution in [3.8, 4) is 0 Å². The zero-order chi connectivity index (χ0) is 30.0. The number of para-hydroxylation sites is 1. The second-order valence-electron chi connectivity index (χ2n) is 11.6. The minimum absolute atomic E-state index is 0.0297. The number of carbonyl (C=O) groups excluding carboxylic acids is 3. The smallest absolute Gasteiger partial charge is 0.251 e. The number of nitrogens with zero attached hydrogens (tertiary/aromatic N) is 3. The van der Waals surface area contributed by atoms with Gasteiger partial charge in [0.15, 0.2) is 0 Å². The molecule has 3 amide bonds. The van der Waals surface area contributed by atoms with Crippen LogP contribution in [0, 0.1) is 25.7 Å². The van der Waals surface area contributed by atoms with Crippen molar-refractivity contribution in [1.82, 2.24) is 9.80 Å². The number of hydrogen-bond acceptors (Lipinski definition) is 5. The molecule has 2 unspecified atom stereocenters. The van der Waals surface area contributed by atoms with Crippen LogP contribution in [0.15, 0.2) is 73.8 Å². The fourth-order valence-corrected chi connectivity index (χ4v) is 9.60. The SMILES string of the molecule is C=CCN(Cc1ccccc1)C(=O)[C@@H]1[C@@H]2CCC3(S2)C(C(=O)N(CC=C)c2c(C)cccc2C)N(CCCO)C(=O)[C@H]13. The van der Waals surface area contributed by atoms with Gasteiger partial charge < -0.3 is 19.8 Å². The second kappa shape index (κ2) is 12.5. The predicted molar refractivity (Wildman–Crippen MR) is 168 cm³/mol. The van der Waals surface area contributed by atoms with Crippen molar-refractivity contribution in [3.63, 3.8) is 0 Å². The fourth-order valence-electron chi connectivity index (χ4n) is 7.40. The fraction of sp³-hybridized carbons (Fsp3) is 0.441. The lowest BCUT2D eigenvalue weighted by atomic mass is 9.70. The van der Waals surface area contributed by atoms with E-state index in [0.29, 0.717) is 32.5 Å². The monoisotopic (exact) mass is 587 g/mol. The Morgan fingerprint density at radius 1 is 1.05 bits per heavy atom. The Kier molecular flexibility index (Phi) is 8.94. The molecule has 0 saturated carbocycles. The first kappa shape index (κ1) is 30.1. The van der Waals surface area contributed by atoms with Gasteiger partial charge in [-0.3, -0.25) is 14.4 Å². The largest absolute Gasteiger partial charge is 0.396 e. The summed E-state index contributed by atoms with van der Waals surface area (Å²) in [6.07, 6.45) is 5.29. The van der Waals surface area contributed by atoms with E-state index in [1.54, 1.807) is 38.6 Å². The molecule has 2 aromatic rings. The van der Waals surface area contributed by atoms with E-state index in [1.807, 2.05) is 62.4 Å². The number of likely N-dealkylation sites (tertiary alicyclic amines) is 1. The molecule has 0 aliphatic carbocycles. The molecule has 3 aliphatic heterocycles. The molecule has 1 spiro atoms. The van der Waals surface area contributed by atoms with Gasteiger partial charge in [-0.15, -0.1) is 24.9 Å². The number of carbonyl (C=O) groups is 3. The molecule has 222 valence electrons. The number of aliphatic hydroxyl groups is 1. The summed E-state index contributed by atoms with van der Waals surface area (Å²) in [4.78, 5) is 48.6. The number of anilines is 1. The Balaban J connectivity index is 1.54. The van der Waals surface area contributed by atoms with Crippen LogP contribution in [-0.4, -0.2) is 74.9 Å². The first-order chi connectivity index (χ1) is 20.3. The van der Waals surface area contributed by atoms with Crippen LogP contribution in [-0.2, 0) is 20.9 Å². The molecule has 3 saturated heterocycles. The molecule has 0 aromatic heterocycles. The van der Waals surface area contributed by atoms with E-state index >= 15 is 0 Å². The molecular formula is C34H41N3O4S. The van der Waals surface area contributed by atoms with Crippen LogP contribution in [0.4, 0.5) is 5.69 Å². The van der Waals surface area contributed by atoms with Crippen LogP contribution in [0.5, 0.6) is 0 Å². The normalized spacial score (nSPS) is 25.8. The number of amides is 3. The molecule has 3 fully saturated rings. The Labute approximate surface area is 253 Å². The van der Waals surface area contributed by atoms with Gasteiger partial charge in [-0.25, -0.2) is 0 Å². The van der Waals surface area contributed by atoms with Gasteiger partial charge in [-0.2, -0.15) is 0 Å².